The summed E-state index contributed by atoms with van der Waals surface area (Å²) in [6.45, 7) is 2.15. The Kier molecular flexibility index (Phi) is 5.83. The van der Waals surface area contributed by atoms with Gasteiger partial charge in [0.1, 0.15) is 0 Å². The lowest BCUT2D eigenvalue weighted by molar-refractivity contribution is -0.137. The van der Waals surface area contributed by atoms with Gasteiger partial charge in [-0.05, 0) is 38.8 Å². The molecule has 4 aromatic carbocycles. The number of rotatable bonds is 5. The van der Waals surface area contributed by atoms with Crippen LogP contribution in [0.3, 0.4) is 0 Å². The molecule has 4 aromatic rings. The summed E-state index contributed by atoms with van der Waals surface area (Å²) in [5, 5.41) is 3.71. The highest BCUT2D eigenvalue weighted by Crippen LogP contribution is 2.32. The van der Waals surface area contributed by atoms with Gasteiger partial charge >= 0.3 is 6.18 Å². The van der Waals surface area contributed by atoms with Crippen LogP contribution in [0.4, 0.5) is 13.2 Å². The zero-order valence-electron chi connectivity index (χ0n) is 17.2. The van der Waals surface area contributed by atoms with E-state index >= 15 is 0 Å². The summed E-state index contributed by atoms with van der Waals surface area (Å²) in [4.78, 5) is 0. The van der Waals surface area contributed by atoms with Crippen LogP contribution in [-0.2, 0) is 6.18 Å². The Morgan fingerprint density at radius 3 is 1.23 bits per heavy atom. The lowest BCUT2D eigenvalue weighted by Gasteiger charge is -2.39. The van der Waals surface area contributed by atoms with Gasteiger partial charge in [-0.25, -0.2) is 0 Å². The van der Waals surface area contributed by atoms with Gasteiger partial charge in [0.05, 0.1) is 5.56 Å². The highest BCUT2D eigenvalue weighted by atomic mass is 28.3. The minimum absolute atomic E-state index is 0.0157. The number of benzene rings is 4. The molecule has 0 aliphatic rings. The van der Waals surface area contributed by atoms with Crippen molar-refractivity contribution in [2.45, 2.75) is 18.6 Å². The van der Waals surface area contributed by atoms with E-state index in [0.29, 0.717) is 0 Å². The first-order valence-electron chi connectivity index (χ1n) is 10.3. The van der Waals surface area contributed by atoms with Crippen LogP contribution in [0.5, 0.6) is 0 Å². The summed E-state index contributed by atoms with van der Waals surface area (Å²) >= 11 is 0. The van der Waals surface area contributed by atoms with Gasteiger partial charge in [0.25, 0.3) is 0 Å². The summed E-state index contributed by atoms with van der Waals surface area (Å²) in [5.74, 6) is 0. The Labute approximate surface area is 182 Å². The Balaban J connectivity index is 1.98. The quantitative estimate of drug-likeness (QED) is 0.288. The maximum absolute atomic E-state index is 13.2. The first kappa shape index (κ1) is 21.1. The molecule has 156 valence electrons. The van der Waals surface area contributed by atoms with E-state index < -0.39 is 19.8 Å². The normalized spacial score (nSPS) is 13.0. The zero-order valence-corrected chi connectivity index (χ0v) is 18.2. The van der Waals surface area contributed by atoms with Gasteiger partial charge in [-0.2, -0.15) is 13.2 Å². The summed E-state index contributed by atoms with van der Waals surface area (Å²) in [6, 6.07) is 36.9. The van der Waals surface area contributed by atoms with Crippen LogP contribution in [0.1, 0.15) is 23.6 Å². The maximum Gasteiger partial charge on any atom is 0.416 e. The molecular weight excluding hydrogens is 409 g/mol. The zero-order chi connectivity index (χ0) is 21.9. The highest BCUT2D eigenvalue weighted by Gasteiger charge is 2.45. The molecule has 0 saturated heterocycles. The van der Waals surface area contributed by atoms with Crippen molar-refractivity contribution in [3.63, 3.8) is 0 Å². The van der Waals surface area contributed by atoms with Gasteiger partial charge in [0.2, 0.25) is 0 Å². The van der Waals surface area contributed by atoms with Gasteiger partial charge in [0.15, 0.2) is 8.07 Å². The van der Waals surface area contributed by atoms with E-state index in [1.54, 1.807) is 12.1 Å². The molecule has 0 aliphatic heterocycles. The third kappa shape index (κ3) is 3.96. The summed E-state index contributed by atoms with van der Waals surface area (Å²) in [6.07, 6.45) is -4.34. The fourth-order valence-corrected chi connectivity index (χ4v) is 9.91. The van der Waals surface area contributed by atoms with Crippen molar-refractivity contribution in [3.05, 3.63) is 126 Å². The van der Waals surface area contributed by atoms with Crippen LogP contribution in [0, 0.1) is 0 Å². The van der Waals surface area contributed by atoms with Crippen LogP contribution in [0.25, 0.3) is 0 Å². The van der Waals surface area contributed by atoms with Gasteiger partial charge in [-0.15, -0.1) is 0 Å². The predicted molar refractivity (Wildman–Crippen MR) is 124 cm³/mol. The molecule has 0 bridgehead atoms. The molecule has 4 rings (SSSR count). The van der Waals surface area contributed by atoms with E-state index in [9.17, 15) is 13.2 Å². The number of hydrogen-bond donors (Lipinski definition) is 0. The molecule has 0 fully saturated rings. The molecule has 0 aromatic heterocycles. The molecular formula is C27H23F3Si. The summed E-state index contributed by atoms with van der Waals surface area (Å²) in [7, 11) is -2.61. The molecule has 0 radical (unpaired) electrons. The Hall–Kier alpha value is -3.11. The fourth-order valence-electron chi connectivity index (χ4n) is 4.56. The monoisotopic (exact) mass is 432 g/mol. The van der Waals surface area contributed by atoms with Crippen LogP contribution in [0.15, 0.2) is 115 Å². The third-order valence-electron chi connectivity index (χ3n) is 6.07. The smallest absolute Gasteiger partial charge is 0.166 e. The van der Waals surface area contributed by atoms with E-state index in [4.69, 9.17) is 0 Å². The first-order chi connectivity index (χ1) is 14.9. The van der Waals surface area contributed by atoms with Crippen molar-refractivity contribution in [1.82, 2.24) is 0 Å². The van der Waals surface area contributed by atoms with Crippen LogP contribution in [0.2, 0.25) is 0 Å². The molecule has 0 saturated carbocycles. The largest absolute Gasteiger partial charge is 0.416 e. The van der Waals surface area contributed by atoms with Crippen molar-refractivity contribution < 1.29 is 13.2 Å². The number of halogens is 3. The topological polar surface area (TPSA) is 0 Å². The van der Waals surface area contributed by atoms with Gasteiger partial charge in [-0.3, -0.25) is 0 Å². The van der Waals surface area contributed by atoms with Crippen molar-refractivity contribution in [2.75, 3.05) is 0 Å². The molecule has 0 spiro atoms. The van der Waals surface area contributed by atoms with Gasteiger partial charge in [-0.1, -0.05) is 110 Å². The van der Waals surface area contributed by atoms with Crippen molar-refractivity contribution in [1.29, 1.82) is 0 Å². The number of hydrogen-bond acceptors (Lipinski definition) is 0. The third-order valence-corrected chi connectivity index (χ3v) is 11.4. The SMILES string of the molecule is CC(c1ccc(C(F)(F)F)cc1)[Si](c1ccccc1)(c1ccccc1)c1ccccc1. The van der Waals surface area contributed by atoms with E-state index in [2.05, 4.69) is 43.3 Å². The summed E-state index contributed by atoms with van der Waals surface area (Å²) < 4.78 is 39.5. The predicted octanol–water partition coefficient (Wildman–Crippen LogP) is 5.52. The van der Waals surface area contributed by atoms with E-state index in [0.717, 1.165) is 5.56 Å². The highest BCUT2D eigenvalue weighted by molar-refractivity contribution is 7.12. The van der Waals surface area contributed by atoms with Crippen LogP contribution >= 0.6 is 0 Å². The minimum atomic E-state index is -4.34. The average molecular weight is 433 g/mol. The molecule has 0 nitrogen and oxygen atoms in total. The van der Waals surface area contributed by atoms with Crippen LogP contribution < -0.4 is 15.6 Å². The molecule has 4 heteroatoms. The van der Waals surface area contributed by atoms with Crippen molar-refractivity contribution >= 4 is 23.6 Å². The molecule has 1 atom stereocenters. The minimum Gasteiger partial charge on any atom is -0.166 e. The Bertz CT molecular complexity index is 1010. The van der Waals surface area contributed by atoms with E-state index in [-0.39, 0.29) is 5.54 Å². The molecule has 0 N–H and O–H groups in total. The average Bonchev–Trinajstić information content (AvgIpc) is 2.81. The second kappa shape index (κ2) is 8.56. The second-order valence-electron chi connectivity index (χ2n) is 7.75. The molecule has 0 aliphatic carbocycles. The fraction of sp³-hybridized carbons (Fsp3) is 0.111. The maximum atomic E-state index is 13.2. The first-order valence-corrected chi connectivity index (χ1v) is 12.4. The molecule has 0 amide bonds. The van der Waals surface area contributed by atoms with E-state index in [1.165, 1.54) is 27.7 Å². The molecule has 31 heavy (non-hydrogen) atoms. The Morgan fingerprint density at radius 2 is 0.903 bits per heavy atom. The summed E-state index contributed by atoms with van der Waals surface area (Å²) in [5.41, 5.74) is 0.313. The van der Waals surface area contributed by atoms with Crippen molar-refractivity contribution in [3.8, 4) is 0 Å². The van der Waals surface area contributed by atoms with Crippen molar-refractivity contribution in [2.24, 2.45) is 0 Å². The second-order valence-corrected chi connectivity index (χ2v) is 12.0. The van der Waals surface area contributed by atoms with Crippen LogP contribution in [-0.4, -0.2) is 8.07 Å². The Morgan fingerprint density at radius 1 is 0.548 bits per heavy atom. The van der Waals surface area contributed by atoms with E-state index in [1.807, 2.05) is 54.6 Å². The molecule has 0 heterocycles. The van der Waals surface area contributed by atoms with Gasteiger partial charge in [0, 0.05) is 0 Å². The lowest BCUT2D eigenvalue weighted by Crippen LogP contribution is -2.70. The number of alkyl halides is 3. The lowest BCUT2D eigenvalue weighted by atomic mass is 10.1. The van der Waals surface area contributed by atoms with Gasteiger partial charge < -0.3 is 0 Å². The molecule has 1 unspecified atom stereocenters. The standard InChI is InChI=1S/C27H23F3Si/c1-21(22-17-19-23(20-18-22)27(28,29)30)31(24-11-5-2-6-12-24,25-13-7-3-8-14-25)26-15-9-4-10-16-26/h2-21H,1H3.